The van der Waals surface area contributed by atoms with Crippen molar-refractivity contribution in [3.8, 4) is 0 Å². The van der Waals surface area contributed by atoms with Gasteiger partial charge >= 0.3 is 0 Å². The molecule has 0 aliphatic rings. The van der Waals surface area contributed by atoms with Gasteiger partial charge in [0, 0.05) is 12.5 Å². The van der Waals surface area contributed by atoms with Gasteiger partial charge in [-0.15, -0.1) is 0 Å². The van der Waals surface area contributed by atoms with E-state index >= 15 is 0 Å². The van der Waals surface area contributed by atoms with Crippen molar-refractivity contribution < 1.29 is 4.79 Å². The van der Waals surface area contributed by atoms with E-state index in [4.69, 9.17) is 0 Å². The van der Waals surface area contributed by atoms with Crippen LogP contribution in [0.5, 0.6) is 0 Å². The first-order chi connectivity index (χ1) is 8.72. The number of amides is 1. The Labute approximate surface area is 108 Å². The SMILES string of the molecule is CC[C@H](C)C(=O)NCc1cccc2ccccc12. The summed E-state index contributed by atoms with van der Waals surface area (Å²) >= 11 is 0. The van der Waals surface area contributed by atoms with Crippen LogP contribution in [0.1, 0.15) is 25.8 Å². The van der Waals surface area contributed by atoms with Gasteiger partial charge in [0.2, 0.25) is 5.91 Å². The second kappa shape index (κ2) is 5.67. The lowest BCUT2D eigenvalue weighted by molar-refractivity contribution is -0.124. The van der Waals surface area contributed by atoms with Crippen LogP contribution in [0.2, 0.25) is 0 Å². The Morgan fingerprint density at radius 3 is 2.67 bits per heavy atom. The third-order valence-electron chi connectivity index (χ3n) is 3.39. The Bertz CT molecular complexity index is 542. The van der Waals surface area contributed by atoms with Gasteiger partial charge in [0.1, 0.15) is 0 Å². The standard InChI is InChI=1S/C16H19NO/c1-3-12(2)16(18)17-11-14-9-6-8-13-7-4-5-10-15(13)14/h4-10,12H,3,11H2,1-2H3,(H,17,18)/t12-/m0/s1. The molecule has 0 saturated carbocycles. The Hall–Kier alpha value is -1.83. The molecule has 0 spiro atoms. The van der Waals surface area contributed by atoms with E-state index < -0.39 is 0 Å². The predicted molar refractivity (Wildman–Crippen MR) is 75.2 cm³/mol. The minimum atomic E-state index is 0.0833. The lowest BCUT2D eigenvalue weighted by Crippen LogP contribution is -2.28. The number of benzene rings is 2. The van der Waals surface area contributed by atoms with Gasteiger partial charge < -0.3 is 5.32 Å². The van der Waals surface area contributed by atoms with Crippen LogP contribution in [0, 0.1) is 5.92 Å². The molecule has 2 heteroatoms. The van der Waals surface area contributed by atoms with Gasteiger partial charge in [-0.05, 0) is 22.8 Å². The lowest BCUT2D eigenvalue weighted by Gasteiger charge is -2.11. The Morgan fingerprint density at radius 1 is 1.17 bits per heavy atom. The Balaban J connectivity index is 2.15. The molecule has 2 aromatic rings. The molecule has 1 amide bonds. The molecule has 0 aliphatic heterocycles. The molecule has 0 unspecified atom stereocenters. The molecule has 0 aliphatic carbocycles. The average Bonchev–Trinajstić information content (AvgIpc) is 2.43. The predicted octanol–water partition coefficient (Wildman–Crippen LogP) is 3.50. The third kappa shape index (κ3) is 2.70. The Morgan fingerprint density at radius 2 is 1.89 bits per heavy atom. The summed E-state index contributed by atoms with van der Waals surface area (Å²) in [4.78, 5) is 11.8. The molecule has 0 saturated heterocycles. The maximum absolute atomic E-state index is 11.8. The van der Waals surface area contributed by atoms with Crippen LogP contribution in [0.4, 0.5) is 0 Å². The van der Waals surface area contributed by atoms with E-state index in [1.807, 2.05) is 32.0 Å². The summed E-state index contributed by atoms with van der Waals surface area (Å²) in [5.41, 5.74) is 1.17. The number of rotatable bonds is 4. The number of hydrogen-bond donors (Lipinski definition) is 1. The van der Waals surface area contributed by atoms with Crippen LogP contribution < -0.4 is 5.32 Å². The summed E-state index contributed by atoms with van der Waals surface area (Å²) in [7, 11) is 0. The fraction of sp³-hybridized carbons (Fsp3) is 0.312. The van der Waals surface area contributed by atoms with Gasteiger partial charge in [0.25, 0.3) is 0 Å². The highest BCUT2D eigenvalue weighted by Gasteiger charge is 2.10. The van der Waals surface area contributed by atoms with Crippen LogP contribution in [-0.4, -0.2) is 5.91 Å². The second-order valence-electron chi connectivity index (χ2n) is 4.67. The van der Waals surface area contributed by atoms with Crippen molar-refractivity contribution >= 4 is 16.7 Å². The van der Waals surface area contributed by atoms with E-state index in [0.717, 1.165) is 6.42 Å². The zero-order valence-electron chi connectivity index (χ0n) is 10.9. The monoisotopic (exact) mass is 241 g/mol. The van der Waals surface area contributed by atoms with Crippen molar-refractivity contribution in [2.45, 2.75) is 26.8 Å². The summed E-state index contributed by atoms with van der Waals surface area (Å²) in [6, 6.07) is 14.4. The minimum absolute atomic E-state index is 0.0833. The molecule has 18 heavy (non-hydrogen) atoms. The minimum Gasteiger partial charge on any atom is -0.352 e. The van der Waals surface area contributed by atoms with Gasteiger partial charge in [-0.2, -0.15) is 0 Å². The summed E-state index contributed by atoms with van der Waals surface area (Å²) in [6.45, 7) is 4.59. The molecule has 0 heterocycles. The zero-order valence-corrected chi connectivity index (χ0v) is 10.9. The smallest absolute Gasteiger partial charge is 0.223 e. The molecule has 0 aromatic heterocycles. The van der Waals surface area contributed by atoms with Crippen molar-refractivity contribution in [2.24, 2.45) is 5.92 Å². The highest BCUT2D eigenvalue weighted by atomic mass is 16.1. The third-order valence-corrected chi connectivity index (χ3v) is 3.39. The quantitative estimate of drug-likeness (QED) is 0.872. The summed E-state index contributed by atoms with van der Waals surface area (Å²) in [6.07, 6.45) is 0.876. The van der Waals surface area contributed by atoms with Crippen LogP contribution >= 0.6 is 0 Å². The molecule has 2 nitrogen and oxygen atoms in total. The molecule has 0 fully saturated rings. The molecule has 94 valence electrons. The van der Waals surface area contributed by atoms with Crippen LogP contribution in [-0.2, 0) is 11.3 Å². The number of carbonyl (C=O) groups excluding carboxylic acids is 1. The summed E-state index contributed by atoms with van der Waals surface area (Å²) in [5.74, 6) is 0.213. The van der Waals surface area contributed by atoms with Crippen molar-refractivity contribution in [2.75, 3.05) is 0 Å². The molecule has 1 N–H and O–H groups in total. The fourth-order valence-corrected chi connectivity index (χ4v) is 1.99. The first-order valence-corrected chi connectivity index (χ1v) is 6.46. The van der Waals surface area contributed by atoms with Crippen molar-refractivity contribution in [1.82, 2.24) is 5.32 Å². The van der Waals surface area contributed by atoms with E-state index in [1.165, 1.54) is 16.3 Å². The fourth-order valence-electron chi connectivity index (χ4n) is 1.99. The summed E-state index contributed by atoms with van der Waals surface area (Å²) in [5, 5.41) is 5.43. The topological polar surface area (TPSA) is 29.1 Å². The van der Waals surface area contributed by atoms with E-state index in [0.29, 0.717) is 6.54 Å². The van der Waals surface area contributed by atoms with Gasteiger partial charge in [0.15, 0.2) is 0 Å². The number of fused-ring (bicyclic) bond motifs is 1. The molecule has 2 rings (SSSR count). The maximum atomic E-state index is 11.8. The van der Waals surface area contributed by atoms with Crippen LogP contribution in [0.15, 0.2) is 42.5 Å². The second-order valence-corrected chi connectivity index (χ2v) is 4.67. The van der Waals surface area contributed by atoms with E-state index in [9.17, 15) is 4.79 Å². The number of carbonyl (C=O) groups is 1. The normalized spacial score (nSPS) is 12.3. The summed E-state index contributed by atoms with van der Waals surface area (Å²) < 4.78 is 0. The lowest BCUT2D eigenvalue weighted by atomic mass is 10.0. The molecule has 2 aromatic carbocycles. The van der Waals surface area contributed by atoms with Crippen molar-refractivity contribution in [1.29, 1.82) is 0 Å². The maximum Gasteiger partial charge on any atom is 0.223 e. The van der Waals surface area contributed by atoms with E-state index in [2.05, 4.69) is 29.6 Å². The zero-order chi connectivity index (χ0) is 13.0. The van der Waals surface area contributed by atoms with Gasteiger partial charge in [-0.25, -0.2) is 0 Å². The van der Waals surface area contributed by atoms with Gasteiger partial charge in [0.05, 0.1) is 0 Å². The van der Waals surface area contributed by atoms with Crippen molar-refractivity contribution in [3.05, 3.63) is 48.0 Å². The highest BCUT2D eigenvalue weighted by Crippen LogP contribution is 2.18. The average molecular weight is 241 g/mol. The Kier molecular flexibility index (Phi) is 3.98. The van der Waals surface area contributed by atoms with Crippen LogP contribution in [0.25, 0.3) is 10.8 Å². The first kappa shape index (κ1) is 12.6. The first-order valence-electron chi connectivity index (χ1n) is 6.46. The molecular formula is C16H19NO. The van der Waals surface area contributed by atoms with E-state index in [-0.39, 0.29) is 11.8 Å². The van der Waals surface area contributed by atoms with Gasteiger partial charge in [-0.1, -0.05) is 56.3 Å². The molecule has 0 bridgehead atoms. The van der Waals surface area contributed by atoms with Crippen molar-refractivity contribution in [3.63, 3.8) is 0 Å². The number of nitrogens with one attached hydrogen (secondary N) is 1. The highest BCUT2D eigenvalue weighted by molar-refractivity contribution is 5.86. The molecule has 1 atom stereocenters. The van der Waals surface area contributed by atoms with E-state index in [1.54, 1.807) is 0 Å². The van der Waals surface area contributed by atoms with Crippen LogP contribution in [0.3, 0.4) is 0 Å². The number of hydrogen-bond acceptors (Lipinski definition) is 1. The largest absolute Gasteiger partial charge is 0.352 e. The molecule has 0 radical (unpaired) electrons. The molecular weight excluding hydrogens is 222 g/mol. The van der Waals surface area contributed by atoms with Gasteiger partial charge in [-0.3, -0.25) is 4.79 Å².